The van der Waals surface area contributed by atoms with E-state index in [0.717, 1.165) is 53.4 Å². The van der Waals surface area contributed by atoms with Crippen molar-refractivity contribution in [2.45, 2.75) is 45.1 Å². The van der Waals surface area contributed by atoms with Crippen molar-refractivity contribution in [1.82, 2.24) is 9.88 Å². The lowest BCUT2D eigenvalue weighted by atomic mass is 9.85. The van der Waals surface area contributed by atoms with Gasteiger partial charge in [0.2, 0.25) is 5.91 Å². The molecule has 1 amide bonds. The van der Waals surface area contributed by atoms with E-state index in [9.17, 15) is 19.5 Å². The standard InChI is InChI=1S/C28H28N2O5/c31-25(20-6-7-20)30(17-28(27(34)35)13-1-2-14-28)16-18-3-11-24-22(15-18)10-12-23(29-24)19-4-8-21(9-5-19)26(32)33/h3-5,8-12,15,20H,1-2,6-7,13-14,16-17H2,(H,32,33)(H,34,35). The average Bonchev–Trinajstić information content (AvgIpc) is 3.60. The lowest BCUT2D eigenvalue weighted by Gasteiger charge is -2.32. The molecule has 0 bridgehead atoms. The highest BCUT2D eigenvalue weighted by Crippen LogP contribution is 2.41. The molecule has 2 fully saturated rings. The van der Waals surface area contributed by atoms with Gasteiger partial charge in [-0.2, -0.15) is 0 Å². The van der Waals surface area contributed by atoms with Crippen molar-refractivity contribution in [3.63, 3.8) is 0 Å². The van der Waals surface area contributed by atoms with Crippen LogP contribution >= 0.6 is 0 Å². The van der Waals surface area contributed by atoms with E-state index in [2.05, 4.69) is 0 Å². The summed E-state index contributed by atoms with van der Waals surface area (Å²) in [4.78, 5) is 42.8. The summed E-state index contributed by atoms with van der Waals surface area (Å²) in [6, 6.07) is 16.4. The minimum Gasteiger partial charge on any atom is -0.481 e. The number of carbonyl (C=O) groups is 3. The van der Waals surface area contributed by atoms with Crippen molar-refractivity contribution in [1.29, 1.82) is 0 Å². The van der Waals surface area contributed by atoms with Crippen LogP contribution < -0.4 is 0 Å². The Balaban J connectivity index is 1.39. The number of hydrogen-bond acceptors (Lipinski definition) is 4. The van der Waals surface area contributed by atoms with Crippen LogP contribution in [0.4, 0.5) is 0 Å². The fourth-order valence-electron chi connectivity index (χ4n) is 5.10. The number of carbonyl (C=O) groups excluding carboxylic acids is 1. The number of pyridine rings is 1. The van der Waals surface area contributed by atoms with Crippen molar-refractivity contribution in [3.05, 3.63) is 65.7 Å². The zero-order chi connectivity index (χ0) is 24.6. The van der Waals surface area contributed by atoms with Gasteiger partial charge in [0.1, 0.15) is 0 Å². The molecule has 7 nitrogen and oxygen atoms in total. The molecule has 2 saturated carbocycles. The molecule has 35 heavy (non-hydrogen) atoms. The van der Waals surface area contributed by atoms with Gasteiger partial charge in [-0.05, 0) is 61.6 Å². The fourth-order valence-corrected chi connectivity index (χ4v) is 5.10. The van der Waals surface area contributed by atoms with Gasteiger partial charge in [0.05, 0.1) is 22.2 Å². The average molecular weight is 473 g/mol. The van der Waals surface area contributed by atoms with Crippen molar-refractivity contribution in [3.8, 4) is 11.3 Å². The maximum absolute atomic E-state index is 13.1. The highest BCUT2D eigenvalue weighted by molar-refractivity contribution is 5.88. The van der Waals surface area contributed by atoms with E-state index in [4.69, 9.17) is 10.1 Å². The van der Waals surface area contributed by atoms with E-state index in [-0.39, 0.29) is 23.9 Å². The number of aromatic nitrogens is 1. The maximum atomic E-state index is 13.1. The summed E-state index contributed by atoms with van der Waals surface area (Å²) in [6.45, 7) is 0.651. The molecular formula is C28H28N2O5. The number of amides is 1. The molecule has 0 atom stereocenters. The predicted molar refractivity (Wildman–Crippen MR) is 131 cm³/mol. The monoisotopic (exact) mass is 472 g/mol. The summed E-state index contributed by atoms with van der Waals surface area (Å²) < 4.78 is 0. The van der Waals surface area contributed by atoms with Gasteiger partial charge in [0.25, 0.3) is 0 Å². The minimum atomic E-state index is -0.966. The second-order valence-electron chi connectivity index (χ2n) is 9.87. The molecule has 2 aliphatic rings. The molecule has 2 aromatic carbocycles. The number of carboxylic acid groups (broad SMARTS) is 2. The zero-order valence-electron chi connectivity index (χ0n) is 19.4. The number of hydrogen-bond donors (Lipinski definition) is 2. The molecule has 0 radical (unpaired) electrons. The van der Waals surface area contributed by atoms with E-state index in [0.29, 0.717) is 19.4 Å². The largest absolute Gasteiger partial charge is 0.481 e. The highest BCUT2D eigenvalue weighted by atomic mass is 16.4. The zero-order valence-corrected chi connectivity index (χ0v) is 19.4. The van der Waals surface area contributed by atoms with Crippen LogP contribution in [0.1, 0.15) is 54.4 Å². The molecule has 5 rings (SSSR count). The van der Waals surface area contributed by atoms with Crippen LogP contribution in [-0.4, -0.2) is 44.5 Å². The van der Waals surface area contributed by atoms with Crippen molar-refractivity contribution >= 4 is 28.7 Å². The minimum absolute atomic E-state index is 0.0273. The molecule has 3 aromatic rings. The molecule has 180 valence electrons. The molecular weight excluding hydrogens is 444 g/mol. The third-order valence-electron chi connectivity index (χ3n) is 7.30. The second kappa shape index (κ2) is 9.13. The summed E-state index contributed by atoms with van der Waals surface area (Å²) in [5.41, 5.74) is 2.72. The summed E-state index contributed by atoms with van der Waals surface area (Å²) in [5.74, 6) is -1.67. The summed E-state index contributed by atoms with van der Waals surface area (Å²) in [6.07, 6.45) is 4.78. The van der Waals surface area contributed by atoms with Gasteiger partial charge in [0.15, 0.2) is 0 Å². The summed E-state index contributed by atoms with van der Waals surface area (Å²) in [5, 5.41) is 20.0. The third kappa shape index (κ3) is 4.76. The van der Waals surface area contributed by atoms with Crippen molar-refractivity contribution < 1.29 is 24.6 Å². The number of fused-ring (bicyclic) bond motifs is 1. The normalized spacial score (nSPS) is 16.8. The Kier molecular flexibility index (Phi) is 6.01. The Morgan fingerprint density at radius 2 is 1.66 bits per heavy atom. The number of carboxylic acids is 2. The van der Waals surface area contributed by atoms with E-state index < -0.39 is 17.4 Å². The summed E-state index contributed by atoms with van der Waals surface area (Å²) in [7, 11) is 0. The van der Waals surface area contributed by atoms with Gasteiger partial charge in [-0.25, -0.2) is 9.78 Å². The molecule has 1 aromatic heterocycles. The van der Waals surface area contributed by atoms with Gasteiger partial charge in [0, 0.05) is 30.0 Å². The first-order valence-electron chi connectivity index (χ1n) is 12.1. The van der Waals surface area contributed by atoms with Crippen LogP contribution in [0.5, 0.6) is 0 Å². The number of benzene rings is 2. The fraction of sp³-hybridized carbons (Fsp3) is 0.357. The molecule has 2 N–H and O–H groups in total. The Labute approximate surface area is 203 Å². The van der Waals surface area contributed by atoms with Crippen LogP contribution in [0.25, 0.3) is 22.2 Å². The number of aromatic carboxylic acids is 1. The lowest BCUT2D eigenvalue weighted by molar-refractivity contribution is -0.152. The van der Waals surface area contributed by atoms with Gasteiger partial charge in [-0.3, -0.25) is 9.59 Å². The van der Waals surface area contributed by atoms with Gasteiger partial charge in [-0.15, -0.1) is 0 Å². The maximum Gasteiger partial charge on any atom is 0.335 e. The Morgan fingerprint density at radius 3 is 2.29 bits per heavy atom. The van der Waals surface area contributed by atoms with E-state index >= 15 is 0 Å². The van der Waals surface area contributed by atoms with Gasteiger partial charge >= 0.3 is 11.9 Å². The number of rotatable bonds is 8. The van der Waals surface area contributed by atoms with Crippen molar-refractivity contribution in [2.24, 2.45) is 11.3 Å². The van der Waals surface area contributed by atoms with E-state index in [1.165, 1.54) is 0 Å². The molecule has 0 unspecified atom stereocenters. The molecule has 1 heterocycles. The summed E-state index contributed by atoms with van der Waals surface area (Å²) >= 11 is 0. The Hall–Kier alpha value is -3.74. The third-order valence-corrected chi connectivity index (χ3v) is 7.30. The van der Waals surface area contributed by atoms with Crippen LogP contribution in [0.2, 0.25) is 0 Å². The van der Waals surface area contributed by atoms with Crippen molar-refractivity contribution in [2.75, 3.05) is 6.54 Å². The van der Waals surface area contributed by atoms with Gasteiger partial charge in [-0.1, -0.05) is 37.1 Å². The molecule has 0 saturated heterocycles. The van der Waals surface area contributed by atoms with Crippen LogP contribution in [0, 0.1) is 11.3 Å². The topological polar surface area (TPSA) is 108 Å². The SMILES string of the molecule is O=C(O)c1ccc(-c2ccc3cc(CN(CC4(C(=O)O)CCCC4)C(=O)C4CC4)ccc3n2)cc1. The van der Waals surface area contributed by atoms with Crippen LogP contribution in [0.15, 0.2) is 54.6 Å². The predicted octanol–water partition coefficient (Wildman–Crippen LogP) is 4.98. The van der Waals surface area contributed by atoms with Crippen LogP contribution in [-0.2, 0) is 16.1 Å². The first kappa shape index (κ1) is 23.0. The van der Waals surface area contributed by atoms with Crippen LogP contribution in [0.3, 0.4) is 0 Å². The quantitative estimate of drug-likeness (QED) is 0.479. The first-order chi connectivity index (χ1) is 16.8. The molecule has 2 aliphatic carbocycles. The highest BCUT2D eigenvalue weighted by Gasteiger charge is 2.45. The molecule has 0 spiro atoms. The van der Waals surface area contributed by atoms with E-state index in [1.807, 2.05) is 30.3 Å². The Morgan fingerprint density at radius 1 is 0.943 bits per heavy atom. The first-order valence-corrected chi connectivity index (χ1v) is 12.1. The number of nitrogens with zero attached hydrogens (tertiary/aromatic N) is 2. The molecule has 0 aliphatic heterocycles. The second-order valence-corrected chi connectivity index (χ2v) is 9.87. The smallest absolute Gasteiger partial charge is 0.335 e. The van der Waals surface area contributed by atoms with Gasteiger partial charge < -0.3 is 15.1 Å². The number of aliphatic carboxylic acids is 1. The lowest BCUT2D eigenvalue weighted by Crippen LogP contribution is -2.44. The Bertz CT molecular complexity index is 1290. The molecule has 7 heteroatoms. The van der Waals surface area contributed by atoms with E-state index in [1.54, 1.807) is 29.2 Å².